The van der Waals surface area contributed by atoms with Gasteiger partial charge in [-0.05, 0) is 24.5 Å². The molecule has 0 aromatic heterocycles. The number of nitrogens with one attached hydrogen (secondary N) is 1. The molecule has 1 unspecified atom stereocenters. The molecule has 0 saturated heterocycles. The highest BCUT2D eigenvalue weighted by Gasteiger charge is 2.08. The first-order valence-electron chi connectivity index (χ1n) is 5.17. The lowest BCUT2D eigenvalue weighted by molar-refractivity contribution is -0.139. The molecule has 1 rings (SSSR count). The van der Waals surface area contributed by atoms with Crippen molar-refractivity contribution in [1.29, 1.82) is 0 Å². The molecule has 0 aliphatic rings. The van der Waals surface area contributed by atoms with Gasteiger partial charge in [0.15, 0.2) is 0 Å². The highest BCUT2D eigenvalue weighted by atomic mass is 35.5. The molecule has 0 radical (unpaired) electrons. The number of hydrogen-bond donors (Lipinski definition) is 2. The third kappa shape index (κ3) is 4.64. The van der Waals surface area contributed by atoms with Gasteiger partial charge in [0.1, 0.15) is 6.04 Å². The average Bonchev–Trinajstić information content (AvgIpc) is 2.26. The van der Waals surface area contributed by atoms with Crippen molar-refractivity contribution in [2.24, 2.45) is 0 Å². The van der Waals surface area contributed by atoms with Gasteiger partial charge in [-0.15, -0.1) is 12.4 Å². The van der Waals surface area contributed by atoms with Gasteiger partial charge in [0, 0.05) is 6.54 Å². The Morgan fingerprint density at radius 3 is 2.25 bits per heavy atom. The van der Waals surface area contributed by atoms with Crippen LogP contribution in [0.15, 0.2) is 24.3 Å². The zero-order valence-corrected chi connectivity index (χ0v) is 10.4. The maximum absolute atomic E-state index is 10.6. The van der Waals surface area contributed by atoms with Crippen LogP contribution in [0.5, 0.6) is 0 Å². The molecule has 90 valence electrons. The average molecular weight is 244 g/mol. The Morgan fingerprint density at radius 2 is 1.81 bits per heavy atom. The third-order valence-corrected chi connectivity index (χ3v) is 2.41. The van der Waals surface area contributed by atoms with Crippen LogP contribution in [-0.2, 0) is 17.8 Å². The van der Waals surface area contributed by atoms with Gasteiger partial charge in [-0.3, -0.25) is 4.79 Å². The van der Waals surface area contributed by atoms with Crippen LogP contribution in [0.25, 0.3) is 0 Å². The minimum absolute atomic E-state index is 0. The van der Waals surface area contributed by atoms with E-state index in [1.54, 1.807) is 6.92 Å². The Hall–Kier alpha value is -1.06. The molecule has 3 nitrogen and oxygen atoms in total. The van der Waals surface area contributed by atoms with Gasteiger partial charge in [-0.1, -0.05) is 31.2 Å². The monoisotopic (exact) mass is 243 g/mol. The fourth-order valence-electron chi connectivity index (χ4n) is 1.25. The first-order chi connectivity index (χ1) is 7.13. The van der Waals surface area contributed by atoms with Crippen molar-refractivity contribution in [2.75, 3.05) is 0 Å². The molecule has 0 aliphatic heterocycles. The predicted octanol–water partition coefficient (Wildman–Crippen LogP) is 2.23. The van der Waals surface area contributed by atoms with E-state index in [1.165, 1.54) is 5.56 Å². The number of carboxylic acid groups (broad SMARTS) is 1. The number of benzene rings is 1. The van der Waals surface area contributed by atoms with Crippen molar-refractivity contribution in [1.82, 2.24) is 5.32 Å². The molecule has 1 aromatic carbocycles. The molecule has 0 fully saturated rings. The van der Waals surface area contributed by atoms with Crippen LogP contribution in [0.4, 0.5) is 0 Å². The number of carboxylic acids is 1. The van der Waals surface area contributed by atoms with E-state index in [1.807, 2.05) is 12.1 Å². The highest BCUT2D eigenvalue weighted by Crippen LogP contribution is 2.04. The summed E-state index contributed by atoms with van der Waals surface area (Å²) in [4.78, 5) is 10.6. The molecule has 0 saturated carbocycles. The van der Waals surface area contributed by atoms with Crippen LogP contribution in [0.2, 0.25) is 0 Å². The van der Waals surface area contributed by atoms with Crippen molar-refractivity contribution >= 4 is 18.4 Å². The molecule has 4 heteroatoms. The quantitative estimate of drug-likeness (QED) is 0.834. The molecule has 0 amide bonds. The van der Waals surface area contributed by atoms with Gasteiger partial charge in [0.05, 0.1) is 0 Å². The van der Waals surface area contributed by atoms with E-state index in [4.69, 9.17) is 5.11 Å². The summed E-state index contributed by atoms with van der Waals surface area (Å²) in [6, 6.07) is 7.70. The first kappa shape index (κ1) is 14.9. The SMILES string of the molecule is CCc1ccc(CNC(C)C(=O)O)cc1.Cl. The van der Waals surface area contributed by atoms with Crippen LogP contribution in [-0.4, -0.2) is 17.1 Å². The van der Waals surface area contributed by atoms with Gasteiger partial charge in [-0.25, -0.2) is 0 Å². The molecule has 0 spiro atoms. The van der Waals surface area contributed by atoms with Gasteiger partial charge in [-0.2, -0.15) is 0 Å². The second kappa shape index (κ2) is 7.25. The molecule has 0 heterocycles. The fourth-order valence-corrected chi connectivity index (χ4v) is 1.25. The van der Waals surface area contributed by atoms with E-state index < -0.39 is 12.0 Å². The van der Waals surface area contributed by atoms with E-state index in [0.717, 1.165) is 12.0 Å². The number of carbonyl (C=O) groups is 1. The Balaban J connectivity index is 0.00000225. The lowest BCUT2D eigenvalue weighted by atomic mass is 10.1. The van der Waals surface area contributed by atoms with E-state index >= 15 is 0 Å². The van der Waals surface area contributed by atoms with Crippen molar-refractivity contribution in [2.45, 2.75) is 32.9 Å². The van der Waals surface area contributed by atoms with Gasteiger partial charge < -0.3 is 10.4 Å². The number of aryl methyl sites for hydroxylation is 1. The Bertz CT molecular complexity index is 324. The highest BCUT2D eigenvalue weighted by molar-refractivity contribution is 5.85. The Kier molecular flexibility index (Phi) is 6.77. The molecule has 16 heavy (non-hydrogen) atoms. The third-order valence-electron chi connectivity index (χ3n) is 2.41. The molecule has 1 aromatic rings. The summed E-state index contributed by atoms with van der Waals surface area (Å²) in [5, 5.41) is 11.6. The largest absolute Gasteiger partial charge is 0.480 e. The van der Waals surface area contributed by atoms with Gasteiger partial charge in [0.2, 0.25) is 0 Å². The minimum Gasteiger partial charge on any atom is -0.480 e. The number of hydrogen-bond acceptors (Lipinski definition) is 2. The molecular weight excluding hydrogens is 226 g/mol. The fraction of sp³-hybridized carbons (Fsp3) is 0.417. The molecule has 0 aliphatic carbocycles. The Labute approximate surface area is 102 Å². The standard InChI is InChI=1S/C12H17NO2.ClH/c1-3-10-4-6-11(7-5-10)8-13-9(2)12(14)15;/h4-7,9,13H,3,8H2,1-2H3,(H,14,15);1H. The summed E-state index contributed by atoms with van der Waals surface area (Å²) in [6.45, 7) is 4.35. The second-order valence-electron chi connectivity index (χ2n) is 3.61. The summed E-state index contributed by atoms with van der Waals surface area (Å²) in [6.07, 6.45) is 1.03. The van der Waals surface area contributed by atoms with E-state index in [0.29, 0.717) is 6.54 Å². The normalized spacial score (nSPS) is 11.6. The Morgan fingerprint density at radius 1 is 1.31 bits per heavy atom. The van der Waals surface area contributed by atoms with Crippen LogP contribution >= 0.6 is 12.4 Å². The van der Waals surface area contributed by atoms with Gasteiger partial charge in [0.25, 0.3) is 0 Å². The number of aliphatic carboxylic acids is 1. The smallest absolute Gasteiger partial charge is 0.320 e. The molecule has 2 N–H and O–H groups in total. The van der Waals surface area contributed by atoms with Gasteiger partial charge >= 0.3 is 5.97 Å². The number of rotatable bonds is 5. The summed E-state index contributed by atoms with van der Waals surface area (Å²) in [5.41, 5.74) is 2.41. The van der Waals surface area contributed by atoms with Crippen molar-refractivity contribution < 1.29 is 9.90 Å². The maximum Gasteiger partial charge on any atom is 0.320 e. The molecule has 1 atom stereocenters. The molecular formula is C12H18ClNO2. The summed E-state index contributed by atoms with van der Waals surface area (Å²) >= 11 is 0. The van der Waals surface area contributed by atoms with E-state index in [2.05, 4.69) is 24.4 Å². The van der Waals surface area contributed by atoms with Crippen LogP contribution in [0.3, 0.4) is 0 Å². The lowest BCUT2D eigenvalue weighted by Gasteiger charge is -2.09. The van der Waals surface area contributed by atoms with Crippen LogP contribution < -0.4 is 5.32 Å². The lowest BCUT2D eigenvalue weighted by Crippen LogP contribution is -2.33. The zero-order valence-electron chi connectivity index (χ0n) is 9.56. The van der Waals surface area contributed by atoms with Crippen molar-refractivity contribution in [3.8, 4) is 0 Å². The zero-order chi connectivity index (χ0) is 11.3. The van der Waals surface area contributed by atoms with Crippen LogP contribution in [0, 0.1) is 0 Å². The molecule has 0 bridgehead atoms. The first-order valence-corrected chi connectivity index (χ1v) is 5.17. The van der Waals surface area contributed by atoms with Crippen LogP contribution in [0.1, 0.15) is 25.0 Å². The van der Waals surface area contributed by atoms with E-state index in [-0.39, 0.29) is 12.4 Å². The predicted molar refractivity (Wildman–Crippen MR) is 67.0 cm³/mol. The maximum atomic E-state index is 10.6. The van der Waals surface area contributed by atoms with Crippen molar-refractivity contribution in [3.63, 3.8) is 0 Å². The van der Waals surface area contributed by atoms with Crippen molar-refractivity contribution in [3.05, 3.63) is 35.4 Å². The summed E-state index contributed by atoms with van der Waals surface area (Å²) in [7, 11) is 0. The summed E-state index contributed by atoms with van der Waals surface area (Å²) in [5.74, 6) is -0.819. The minimum atomic E-state index is -0.819. The topological polar surface area (TPSA) is 49.3 Å². The van der Waals surface area contributed by atoms with E-state index in [9.17, 15) is 4.79 Å². The number of halogens is 1. The second-order valence-corrected chi connectivity index (χ2v) is 3.61. The summed E-state index contributed by atoms with van der Waals surface area (Å²) < 4.78 is 0.